The quantitative estimate of drug-likeness (QED) is 0.578. The molecule has 0 aromatic heterocycles. The van der Waals surface area contributed by atoms with Crippen LogP contribution in [0.4, 0.5) is 26.3 Å². The van der Waals surface area contributed by atoms with Gasteiger partial charge in [-0.1, -0.05) is 14.5 Å². The van der Waals surface area contributed by atoms with E-state index in [9.17, 15) is 40.7 Å². The van der Waals surface area contributed by atoms with Crippen LogP contribution in [0.25, 0.3) is 0 Å². The third kappa shape index (κ3) is 3.11. The van der Waals surface area contributed by atoms with Crippen LogP contribution in [-0.4, -0.2) is 17.5 Å². The second-order valence-corrected chi connectivity index (χ2v) is 5.02. The van der Waals surface area contributed by atoms with Gasteiger partial charge < -0.3 is 14.4 Å². The van der Waals surface area contributed by atoms with Gasteiger partial charge in [-0.25, -0.2) is 0 Å². The molecule has 0 rings (SSSR count). The van der Waals surface area contributed by atoms with E-state index in [2.05, 4.69) is 0 Å². The second-order valence-electron chi connectivity index (χ2n) is 3.17. The molecule has 0 amide bonds. The molecule has 1 unspecified atom stereocenters. The molecule has 0 aliphatic carbocycles. The molecule has 0 aromatic rings. The summed E-state index contributed by atoms with van der Waals surface area (Å²) in [7, 11) is -6.47. The summed E-state index contributed by atoms with van der Waals surface area (Å²) in [4.78, 5) is 20.9. The van der Waals surface area contributed by atoms with Crippen molar-refractivity contribution in [2.45, 2.75) is 37.3 Å². The van der Waals surface area contributed by atoms with Gasteiger partial charge in [0.1, 0.15) is 5.16 Å². The van der Waals surface area contributed by atoms with E-state index in [1.165, 1.54) is 0 Å². The van der Waals surface area contributed by atoms with Crippen LogP contribution in [-0.2, 0) is 4.57 Å². The van der Waals surface area contributed by atoms with Crippen LogP contribution in [0.5, 0.6) is 0 Å². The Balaban J connectivity index is 5.60. The Kier molecular flexibility index (Phi) is 4.12. The van der Waals surface area contributed by atoms with E-state index in [1.807, 2.05) is 0 Å². The average Bonchev–Trinajstić information content (AvgIpc) is 1.93. The zero-order valence-corrected chi connectivity index (χ0v) is 8.75. The monoisotopic (exact) mass is 272 g/mol. The zero-order valence-electron chi connectivity index (χ0n) is 7.85. The molecule has 0 heterocycles. The van der Waals surface area contributed by atoms with Crippen molar-refractivity contribution in [2.24, 2.45) is 0 Å². The van der Waals surface area contributed by atoms with Gasteiger partial charge in [0.05, 0.1) is 6.42 Å². The van der Waals surface area contributed by atoms with Crippen molar-refractivity contribution < 1.29 is 40.7 Å². The summed E-state index contributed by atoms with van der Waals surface area (Å²) in [5, 5.41) is -4.28. The molecule has 0 aliphatic rings. The first kappa shape index (κ1) is 15.7. The summed E-state index contributed by atoms with van der Waals surface area (Å²) >= 11 is 0. The molecule has 0 saturated heterocycles. The van der Waals surface area contributed by atoms with E-state index in [0.29, 0.717) is 6.92 Å². The molecule has 0 saturated carbocycles. The Hall–Kier alpha value is -0.270. The smallest absolute Gasteiger partial charge is 0.399 e. The molecule has 0 aromatic carbocycles. The van der Waals surface area contributed by atoms with Gasteiger partial charge >= 0.3 is 12.4 Å². The van der Waals surface area contributed by atoms with Gasteiger partial charge in [-0.3, -0.25) is 0 Å². The summed E-state index contributed by atoms with van der Waals surface area (Å²) in [6, 6.07) is 0. The van der Waals surface area contributed by atoms with E-state index in [4.69, 9.17) is 0 Å². The Morgan fingerprint density at radius 1 is 1.06 bits per heavy atom. The molecule has 0 bridgehead atoms. The molecule has 3 nitrogen and oxygen atoms in total. The van der Waals surface area contributed by atoms with Gasteiger partial charge in [0.25, 0.3) is 0 Å². The fourth-order valence-corrected chi connectivity index (χ4v) is 2.27. The van der Waals surface area contributed by atoms with E-state index in [-0.39, 0.29) is 0 Å². The summed E-state index contributed by atoms with van der Waals surface area (Å²) in [6.45, 7) is 0.571. The summed E-state index contributed by atoms with van der Waals surface area (Å²) in [5.41, 5.74) is 0. The van der Waals surface area contributed by atoms with E-state index >= 15 is 0 Å². The highest BCUT2D eigenvalue weighted by atomic mass is 31.2. The normalized spacial score (nSPS) is 18.3. The number of rotatable bonds is 3. The fourth-order valence-electron chi connectivity index (χ4n) is 1.20. The van der Waals surface area contributed by atoms with Crippen LogP contribution in [0.1, 0.15) is 19.8 Å². The number of alkyl halides is 6. The Morgan fingerprint density at radius 3 is 1.50 bits per heavy atom. The summed E-state index contributed by atoms with van der Waals surface area (Å²) < 4.78 is 83.1. The lowest BCUT2D eigenvalue weighted by Gasteiger charge is -2.50. The minimum absolute atomic E-state index is 0.571. The van der Waals surface area contributed by atoms with Crippen LogP contribution in [0.2, 0.25) is 0 Å². The molecule has 1 atom stereocenters. The van der Waals surface area contributed by atoms with Gasteiger partial charge in [-0.15, -0.1) is 0 Å². The predicted octanol–water partition coefficient (Wildman–Crippen LogP) is 1.56. The Labute approximate surface area is 86.6 Å². The lowest BCUT2D eigenvalue weighted by molar-refractivity contribution is -0.338. The molecule has 0 aliphatic heterocycles. The molecule has 98 valence electrons. The van der Waals surface area contributed by atoms with Gasteiger partial charge in [0.15, 0.2) is 0 Å². The highest BCUT2D eigenvalue weighted by molar-refractivity contribution is 7.50. The summed E-state index contributed by atoms with van der Waals surface area (Å²) in [6.07, 6.45) is -15.3. The fraction of sp³-hybridized carbons (Fsp3) is 1.00. The standard InChI is InChI=1S/C6H9F6O3P/c1-2-4(6(10,11)12,16(13,14)15)3-5(7,8)9/h2-3H2,1H3,(H2,13,14,15)/p-2. The van der Waals surface area contributed by atoms with Gasteiger partial charge in [0, 0.05) is 0 Å². The van der Waals surface area contributed by atoms with E-state index in [1.54, 1.807) is 0 Å². The zero-order chi connectivity index (χ0) is 13.4. The van der Waals surface area contributed by atoms with Crippen LogP contribution in [0.3, 0.4) is 0 Å². The third-order valence-electron chi connectivity index (χ3n) is 2.13. The first-order chi connectivity index (χ1) is 6.77. The largest absolute Gasteiger partial charge is 0.810 e. The molecule has 0 radical (unpaired) electrons. The van der Waals surface area contributed by atoms with Gasteiger partial charge in [-0.2, -0.15) is 26.3 Å². The molecule has 0 fully saturated rings. The van der Waals surface area contributed by atoms with E-state index < -0.39 is 37.9 Å². The van der Waals surface area contributed by atoms with Crippen molar-refractivity contribution in [3.63, 3.8) is 0 Å². The SMILES string of the molecule is CCC(CC(F)(F)F)(C(F)(F)F)P(=O)([O-])[O-]. The second kappa shape index (κ2) is 4.19. The highest BCUT2D eigenvalue weighted by Gasteiger charge is 2.60. The van der Waals surface area contributed by atoms with Crippen LogP contribution in [0, 0.1) is 0 Å². The van der Waals surface area contributed by atoms with Crippen molar-refractivity contribution in [3.8, 4) is 0 Å². The first-order valence-corrected chi connectivity index (χ1v) is 5.47. The van der Waals surface area contributed by atoms with Crippen LogP contribution < -0.4 is 9.79 Å². The number of halogens is 6. The molecule has 0 N–H and O–H groups in total. The molecule has 16 heavy (non-hydrogen) atoms. The molecule has 0 spiro atoms. The van der Waals surface area contributed by atoms with Crippen molar-refractivity contribution in [2.75, 3.05) is 0 Å². The minimum atomic E-state index is -6.47. The van der Waals surface area contributed by atoms with Crippen LogP contribution >= 0.6 is 7.60 Å². The highest BCUT2D eigenvalue weighted by Crippen LogP contribution is 2.59. The number of hydrogen-bond acceptors (Lipinski definition) is 3. The van der Waals surface area contributed by atoms with Crippen molar-refractivity contribution in [3.05, 3.63) is 0 Å². The van der Waals surface area contributed by atoms with E-state index in [0.717, 1.165) is 0 Å². The molecule has 10 heteroatoms. The lowest BCUT2D eigenvalue weighted by atomic mass is 10.0. The molecular weight excluding hydrogens is 265 g/mol. The van der Waals surface area contributed by atoms with Crippen molar-refractivity contribution >= 4 is 7.60 Å². The Morgan fingerprint density at radius 2 is 1.44 bits per heavy atom. The Bertz CT molecular complexity index is 292. The van der Waals surface area contributed by atoms with Crippen LogP contribution in [0.15, 0.2) is 0 Å². The molecular formula is C6H7F6O3P-2. The maximum atomic E-state index is 12.3. The van der Waals surface area contributed by atoms with Gasteiger partial charge in [0.2, 0.25) is 0 Å². The minimum Gasteiger partial charge on any atom is -0.810 e. The average molecular weight is 272 g/mol. The van der Waals surface area contributed by atoms with Crippen molar-refractivity contribution in [1.82, 2.24) is 0 Å². The number of hydrogen-bond donors (Lipinski definition) is 0. The summed E-state index contributed by atoms with van der Waals surface area (Å²) in [5.74, 6) is 0. The van der Waals surface area contributed by atoms with Crippen molar-refractivity contribution in [1.29, 1.82) is 0 Å². The first-order valence-electron chi connectivity index (χ1n) is 3.92. The predicted molar refractivity (Wildman–Crippen MR) is 37.4 cm³/mol. The maximum absolute atomic E-state index is 12.3. The third-order valence-corrected chi connectivity index (χ3v) is 3.91. The maximum Gasteiger partial charge on any atom is 0.399 e. The lowest BCUT2D eigenvalue weighted by Crippen LogP contribution is -2.53. The topological polar surface area (TPSA) is 63.2 Å². The van der Waals surface area contributed by atoms with Gasteiger partial charge in [-0.05, 0) is 6.42 Å².